The molecule has 3 rings (SSSR count). The molecule has 2 aromatic rings. The van der Waals surface area contributed by atoms with Gasteiger partial charge in [-0.25, -0.2) is 0 Å². The molecular weight excluding hydrogens is 364 g/mol. The molecule has 1 aliphatic rings. The third kappa shape index (κ3) is 3.29. The van der Waals surface area contributed by atoms with Crippen molar-refractivity contribution < 1.29 is 22.1 Å². The normalized spacial score (nSPS) is 19.5. The Morgan fingerprint density at radius 2 is 1.77 bits per heavy atom. The Balaban J connectivity index is 1.97. The van der Waals surface area contributed by atoms with E-state index in [1.54, 1.807) is 21.3 Å². The second-order valence-corrected chi connectivity index (χ2v) is 11.9. The zero-order chi connectivity index (χ0) is 18.6. The van der Waals surface area contributed by atoms with Crippen molar-refractivity contribution in [2.75, 3.05) is 21.3 Å². The molecule has 0 aliphatic carbocycles. The van der Waals surface area contributed by atoms with Gasteiger partial charge in [-0.2, -0.15) is 0 Å². The van der Waals surface area contributed by atoms with Gasteiger partial charge in [0.15, 0.2) is 0 Å². The number of benzene rings is 2. The van der Waals surface area contributed by atoms with E-state index in [1.807, 2.05) is 42.5 Å². The molecule has 0 aromatic heterocycles. The second-order valence-electron chi connectivity index (χ2n) is 5.99. The van der Waals surface area contributed by atoms with Crippen LogP contribution in [-0.2, 0) is 24.3 Å². The summed E-state index contributed by atoms with van der Waals surface area (Å²) in [5.74, 6) is 0.837. The molecule has 5 nitrogen and oxygen atoms in total. The highest BCUT2D eigenvalue weighted by Gasteiger charge is 2.46. The van der Waals surface area contributed by atoms with Crippen LogP contribution in [0.3, 0.4) is 0 Å². The van der Waals surface area contributed by atoms with Crippen LogP contribution in [0.2, 0.25) is 6.04 Å². The minimum absolute atomic E-state index is 0.472. The van der Waals surface area contributed by atoms with E-state index >= 15 is 0 Å². The Kier molecular flexibility index (Phi) is 5.76. The predicted molar refractivity (Wildman–Crippen MR) is 105 cm³/mol. The highest BCUT2D eigenvalue weighted by Crippen LogP contribution is 2.31. The highest BCUT2D eigenvalue weighted by atomic mass is 28.4. The largest absolute Gasteiger partial charge is 0.536 e. The van der Waals surface area contributed by atoms with Crippen molar-refractivity contribution in [2.45, 2.75) is 12.7 Å². The SMILES string of the molecule is C=CC[Si]1(c2ccccc2)OCc2cc([Si](OC)(OC)OC)ccc2O1. The number of fused-ring (bicyclic) bond motifs is 1. The van der Waals surface area contributed by atoms with E-state index in [2.05, 4.69) is 18.7 Å². The average molecular weight is 389 g/mol. The van der Waals surface area contributed by atoms with E-state index in [1.165, 1.54) is 0 Å². The van der Waals surface area contributed by atoms with Crippen LogP contribution in [0.1, 0.15) is 5.56 Å². The summed E-state index contributed by atoms with van der Waals surface area (Å²) < 4.78 is 29.5. The van der Waals surface area contributed by atoms with Crippen LogP contribution in [0.15, 0.2) is 61.2 Å². The minimum Gasteiger partial charge on any atom is -0.517 e. The van der Waals surface area contributed by atoms with Crippen molar-refractivity contribution in [2.24, 2.45) is 0 Å². The Hall–Kier alpha value is -1.75. The first-order valence-electron chi connectivity index (χ1n) is 8.41. The highest BCUT2D eigenvalue weighted by molar-refractivity contribution is 6.82. The molecule has 0 amide bonds. The van der Waals surface area contributed by atoms with Crippen molar-refractivity contribution in [3.8, 4) is 5.75 Å². The Bertz CT molecular complexity index is 756. The predicted octanol–water partition coefficient (Wildman–Crippen LogP) is 2.22. The number of hydrogen-bond donors (Lipinski definition) is 0. The van der Waals surface area contributed by atoms with Crippen molar-refractivity contribution in [1.29, 1.82) is 0 Å². The standard InChI is InChI=1S/C19H24O5Si2/c1-5-13-25(17-9-7-6-8-10-17)23-15-16-14-18(11-12-19(16)24-25)26(20-2,21-3)22-4/h5-12,14H,1,13,15H2,2-4H3. The van der Waals surface area contributed by atoms with Gasteiger partial charge >= 0.3 is 17.4 Å². The van der Waals surface area contributed by atoms with Crippen LogP contribution in [-0.4, -0.2) is 38.7 Å². The lowest BCUT2D eigenvalue weighted by atomic mass is 10.2. The van der Waals surface area contributed by atoms with Gasteiger partial charge in [-0.15, -0.1) is 6.58 Å². The maximum atomic E-state index is 6.45. The Labute approximate surface area is 156 Å². The molecule has 0 radical (unpaired) electrons. The first-order valence-corrected chi connectivity index (χ1v) is 12.2. The van der Waals surface area contributed by atoms with Gasteiger partial charge in [0.2, 0.25) is 0 Å². The molecule has 26 heavy (non-hydrogen) atoms. The van der Waals surface area contributed by atoms with Gasteiger partial charge in [-0.05, 0) is 12.1 Å². The lowest BCUT2D eigenvalue weighted by Crippen LogP contribution is -2.58. The van der Waals surface area contributed by atoms with Crippen LogP contribution in [0.5, 0.6) is 5.75 Å². The lowest BCUT2D eigenvalue weighted by molar-refractivity contribution is 0.140. The molecule has 0 saturated carbocycles. The van der Waals surface area contributed by atoms with Crippen molar-refractivity contribution in [3.63, 3.8) is 0 Å². The fraction of sp³-hybridized carbons (Fsp3) is 0.263. The number of rotatable bonds is 7. The van der Waals surface area contributed by atoms with E-state index in [0.717, 1.165) is 21.7 Å². The fourth-order valence-corrected chi connectivity index (χ4v) is 7.88. The maximum Gasteiger partial charge on any atom is 0.536 e. The van der Waals surface area contributed by atoms with Crippen molar-refractivity contribution in [1.82, 2.24) is 0 Å². The first-order chi connectivity index (χ1) is 12.6. The van der Waals surface area contributed by atoms with Gasteiger partial charge in [0.05, 0.1) is 6.61 Å². The number of hydrogen-bond acceptors (Lipinski definition) is 5. The van der Waals surface area contributed by atoms with Crippen molar-refractivity contribution in [3.05, 3.63) is 66.7 Å². The molecule has 2 aromatic carbocycles. The van der Waals surface area contributed by atoms with Gasteiger partial charge < -0.3 is 22.1 Å². The summed E-state index contributed by atoms with van der Waals surface area (Å²) in [4.78, 5) is 0. The third-order valence-corrected chi connectivity index (χ3v) is 10.4. The average Bonchev–Trinajstić information content (AvgIpc) is 2.70. The molecular formula is C19H24O5Si2. The Morgan fingerprint density at radius 3 is 2.38 bits per heavy atom. The monoisotopic (exact) mass is 388 g/mol. The summed E-state index contributed by atoms with van der Waals surface area (Å²) in [6.45, 7) is 4.36. The van der Waals surface area contributed by atoms with E-state index in [-0.39, 0.29) is 0 Å². The number of allylic oxidation sites excluding steroid dienone is 1. The van der Waals surface area contributed by atoms with Crippen LogP contribution >= 0.6 is 0 Å². The molecule has 0 bridgehead atoms. The molecule has 1 unspecified atom stereocenters. The zero-order valence-corrected chi connectivity index (χ0v) is 17.4. The molecule has 1 heterocycles. The van der Waals surface area contributed by atoms with Gasteiger partial charge in [-0.1, -0.05) is 42.5 Å². The molecule has 0 N–H and O–H groups in total. The molecule has 0 fully saturated rings. The van der Waals surface area contributed by atoms with E-state index in [4.69, 9.17) is 22.1 Å². The zero-order valence-electron chi connectivity index (χ0n) is 15.4. The fourth-order valence-electron chi connectivity index (χ4n) is 3.23. The minimum atomic E-state index is -2.88. The quantitative estimate of drug-likeness (QED) is 0.538. The summed E-state index contributed by atoms with van der Waals surface area (Å²) in [5.41, 5.74) is 0.966. The third-order valence-electron chi connectivity index (χ3n) is 4.58. The van der Waals surface area contributed by atoms with Crippen LogP contribution in [0.25, 0.3) is 0 Å². The van der Waals surface area contributed by atoms with Crippen LogP contribution in [0.4, 0.5) is 0 Å². The smallest absolute Gasteiger partial charge is 0.517 e. The molecule has 1 atom stereocenters. The Morgan fingerprint density at radius 1 is 1.08 bits per heavy atom. The summed E-state index contributed by atoms with van der Waals surface area (Å²) in [6, 6.07) is 16.7. The topological polar surface area (TPSA) is 46.2 Å². The van der Waals surface area contributed by atoms with Gasteiger partial charge in [0, 0.05) is 43.3 Å². The van der Waals surface area contributed by atoms with E-state index in [9.17, 15) is 0 Å². The lowest BCUT2D eigenvalue weighted by Gasteiger charge is -2.36. The summed E-state index contributed by atoms with van der Waals surface area (Å²) in [7, 11) is -0.681. The first kappa shape index (κ1) is 19.0. The van der Waals surface area contributed by atoms with Crippen molar-refractivity contribution >= 4 is 27.7 Å². The van der Waals surface area contributed by atoms with Crippen LogP contribution < -0.4 is 14.8 Å². The second kappa shape index (κ2) is 7.87. The van der Waals surface area contributed by atoms with Gasteiger partial charge in [-0.3, -0.25) is 0 Å². The maximum absolute atomic E-state index is 6.45. The van der Waals surface area contributed by atoms with E-state index in [0.29, 0.717) is 12.7 Å². The molecule has 0 saturated heterocycles. The summed E-state index contributed by atoms with van der Waals surface area (Å²) in [5, 5.41) is 1.98. The molecule has 138 valence electrons. The molecule has 1 aliphatic heterocycles. The van der Waals surface area contributed by atoms with E-state index < -0.39 is 17.4 Å². The summed E-state index contributed by atoms with van der Waals surface area (Å²) >= 11 is 0. The van der Waals surface area contributed by atoms with Gasteiger partial charge in [0.1, 0.15) is 5.75 Å². The summed E-state index contributed by atoms with van der Waals surface area (Å²) in [6.07, 6.45) is 1.87. The van der Waals surface area contributed by atoms with Gasteiger partial charge in [0.25, 0.3) is 0 Å². The molecule has 7 heteroatoms. The molecule has 0 spiro atoms. The van der Waals surface area contributed by atoms with Crippen LogP contribution in [0, 0.1) is 0 Å².